The van der Waals surface area contributed by atoms with Gasteiger partial charge in [-0.15, -0.1) is 0 Å². The van der Waals surface area contributed by atoms with E-state index in [0.717, 1.165) is 0 Å². The van der Waals surface area contributed by atoms with Crippen LogP contribution in [0.3, 0.4) is 0 Å². The van der Waals surface area contributed by atoms with Crippen molar-refractivity contribution >= 4 is 29.2 Å². The SMILES string of the molecule is COc1ccc2c(c1OC)C(=O)OC2CC(=O)Nc1cccc(NC(=O)c2ccco2)c1. The van der Waals surface area contributed by atoms with Crippen molar-refractivity contribution in [2.45, 2.75) is 12.5 Å². The van der Waals surface area contributed by atoms with Gasteiger partial charge in [-0.3, -0.25) is 9.59 Å². The Labute approximate surface area is 183 Å². The van der Waals surface area contributed by atoms with Crippen LogP contribution >= 0.6 is 0 Å². The third-order valence-corrected chi connectivity index (χ3v) is 4.90. The van der Waals surface area contributed by atoms with Crippen LogP contribution in [0.15, 0.2) is 59.2 Å². The number of carbonyl (C=O) groups is 3. The van der Waals surface area contributed by atoms with Crippen molar-refractivity contribution < 1.29 is 33.0 Å². The van der Waals surface area contributed by atoms with E-state index in [9.17, 15) is 14.4 Å². The predicted molar refractivity (Wildman–Crippen MR) is 114 cm³/mol. The highest BCUT2D eigenvalue weighted by Crippen LogP contribution is 2.43. The van der Waals surface area contributed by atoms with Gasteiger partial charge in [0, 0.05) is 16.9 Å². The van der Waals surface area contributed by atoms with Crippen LogP contribution in [-0.4, -0.2) is 32.0 Å². The second kappa shape index (κ2) is 8.84. The number of methoxy groups -OCH3 is 2. The molecular weight excluding hydrogens is 416 g/mol. The molecule has 9 nitrogen and oxygen atoms in total. The first-order chi connectivity index (χ1) is 15.5. The Kier molecular flexibility index (Phi) is 5.80. The molecule has 9 heteroatoms. The van der Waals surface area contributed by atoms with Crippen LogP contribution in [0.4, 0.5) is 11.4 Å². The second-order valence-corrected chi connectivity index (χ2v) is 6.92. The molecule has 4 rings (SSSR count). The Hall–Kier alpha value is -4.27. The van der Waals surface area contributed by atoms with Crippen molar-refractivity contribution in [1.29, 1.82) is 0 Å². The molecule has 1 aliphatic rings. The first-order valence-electron chi connectivity index (χ1n) is 9.70. The maximum absolute atomic E-state index is 12.6. The Bertz CT molecular complexity index is 1170. The molecule has 1 aliphatic heterocycles. The molecule has 0 aliphatic carbocycles. The van der Waals surface area contributed by atoms with E-state index in [1.54, 1.807) is 48.5 Å². The number of benzene rings is 2. The monoisotopic (exact) mass is 436 g/mol. The quantitative estimate of drug-likeness (QED) is 0.541. The molecule has 2 amide bonds. The molecular formula is C23H20N2O7. The lowest BCUT2D eigenvalue weighted by Gasteiger charge is -2.13. The Morgan fingerprint density at radius 1 is 1.00 bits per heavy atom. The van der Waals surface area contributed by atoms with Gasteiger partial charge in [0.25, 0.3) is 5.91 Å². The average Bonchev–Trinajstić information content (AvgIpc) is 3.42. The Balaban J connectivity index is 1.44. The van der Waals surface area contributed by atoms with Gasteiger partial charge < -0.3 is 29.3 Å². The summed E-state index contributed by atoms with van der Waals surface area (Å²) < 4.78 is 21.0. The molecule has 164 valence electrons. The summed E-state index contributed by atoms with van der Waals surface area (Å²) in [6, 6.07) is 13.2. The second-order valence-electron chi connectivity index (χ2n) is 6.92. The molecule has 0 radical (unpaired) electrons. The normalized spacial score (nSPS) is 14.3. The zero-order valence-corrected chi connectivity index (χ0v) is 17.3. The average molecular weight is 436 g/mol. The summed E-state index contributed by atoms with van der Waals surface area (Å²) in [4.78, 5) is 37.1. The van der Waals surface area contributed by atoms with Gasteiger partial charge >= 0.3 is 5.97 Å². The first-order valence-corrected chi connectivity index (χ1v) is 9.70. The molecule has 0 saturated carbocycles. The summed E-state index contributed by atoms with van der Waals surface area (Å²) in [6.45, 7) is 0. The number of ether oxygens (including phenoxy) is 3. The number of anilines is 2. The lowest BCUT2D eigenvalue weighted by Crippen LogP contribution is -2.16. The molecule has 0 bridgehead atoms. The van der Waals surface area contributed by atoms with Crippen molar-refractivity contribution in [2.24, 2.45) is 0 Å². The fraction of sp³-hybridized carbons (Fsp3) is 0.174. The molecule has 32 heavy (non-hydrogen) atoms. The molecule has 0 fully saturated rings. The van der Waals surface area contributed by atoms with E-state index in [1.807, 2.05) is 0 Å². The van der Waals surface area contributed by atoms with Gasteiger partial charge in [-0.1, -0.05) is 12.1 Å². The van der Waals surface area contributed by atoms with Gasteiger partial charge in [0.2, 0.25) is 5.91 Å². The van der Waals surface area contributed by atoms with Gasteiger partial charge in [0.1, 0.15) is 11.7 Å². The zero-order chi connectivity index (χ0) is 22.7. The first kappa shape index (κ1) is 21.0. The molecule has 1 unspecified atom stereocenters. The maximum atomic E-state index is 12.6. The molecule has 2 aromatic carbocycles. The summed E-state index contributed by atoms with van der Waals surface area (Å²) >= 11 is 0. The number of nitrogens with one attached hydrogen (secondary N) is 2. The summed E-state index contributed by atoms with van der Waals surface area (Å²) in [6.07, 6.45) is 0.571. The Morgan fingerprint density at radius 3 is 2.47 bits per heavy atom. The lowest BCUT2D eigenvalue weighted by molar-refractivity contribution is -0.118. The lowest BCUT2D eigenvalue weighted by atomic mass is 10.0. The summed E-state index contributed by atoms with van der Waals surface area (Å²) in [5.74, 6) is -0.485. The summed E-state index contributed by atoms with van der Waals surface area (Å²) in [5.41, 5.74) is 1.78. The highest BCUT2D eigenvalue weighted by Gasteiger charge is 2.36. The van der Waals surface area contributed by atoms with Gasteiger partial charge in [0.15, 0.2) is 17.3 Å². The van der Waals surface area contributed by atoms with E-state index in [2.05, 4.69) is 10.6 Å². The summed E-state index contributed by atoms with van der Waals surface area (Å²) in [7, 11) is 2.91. The van der Waals surface area contributed by atoms with Crippen molar-refractivity contribution in [3.05, 3.63) is 71.7 Å². The van der Waals surface area contributed by atoms with Crippen molar-refractivity contribution in [3.8, 4) is 11.5 Å². The minimum atomic E-state index is -0.751. The number of carbonyl (C=O) groups excluding carboxylic acids is 3. The van der Waals surface area contributed by atoms with Crippen LogP contribution in [-0.2, 0) is 9.53 Å². The topological polar surface area (TPSA) is 116 Å². The van der Waals surface area contributed by atoms with Crippen molar-refractivity contribution in [1.82, 2.24) is 0 Å². The van der Waals surface area contributed by atoms with E-state index in [-0.39, 0.29) is 29.4 Å². The van der Waals surface area contributed by atoms with Crippen LogP contribution < -0.4 is 20.1 Å². The largest absolute Gasteiger partial charge is 0.493 e. The summed E-state index contributed by atoms with van der Waals surface area (Å²) in [5, 5.41) is 5.45. The zero-order valence-electron chi connectivity index (χ0n) is 17.3. The predicted octanol–water partition coefficient (Wildman–Crippen LogP) is 3.79. The van der Waals surface area contributed by atoms with Crippen LogP contribution in [0.25, 0.3) is 0 Å². The fourth-order valence-corrected chi connectivity index (χ4v) is 3.48. The van der Waals surface area contributed by atoms with Crippen LogP contribution in [0.1, 0.15) is 39.0 Å². The smallest absolute Gasteiger partial charge is 0.343 e. The standard InChI is InChI=1S/C23H20N2O7/c1-29-16-9-8-15-18(32-23(28)20(15)21(16)30-2)12-19(26)24-13-5-3-6-14(11-13)25-22(27)17-7-4-10-31-17/h3-11,18H,12H2,1-2H3,(H,24,26)(H,25,27). The van der Waals surface area contributed by atoms with E-state index in [0.29, 0.717) is 22.7 Å². The number of hydrogen-bond acceptors (Lipinski definition) is 7. The number of esters is 1. The molecule has 0 saturated heterocycles. The molecule has 2 heterocycles. The van der Waals surface area contributed by atoms with Gasteiger partial charge in [0.05, 0.1) is 26.9 Å². The van der Waals surface area contributed by atoms with Gasteiger partial charge in [-0.25, -0.2) is 4.79 Å². The van der Waals surface area contributed by atoms with E-state index < -0.39 is 18.0 Å². The van der Waals surface area contributed by atoms with E-state index in [1.165, 1.54) is 20.5 Å². The Morgan fingerprint density at radius 2 is 1.78 bits per heavy atom. The molecule has 1 atom stereocenters. The molecule has 1 aromatic heterocycles. The van der Waals surface area contributed by atoms with Crippen molar-refractivity contribution in [3.63, 3.8) is 0 Å². The fourth-order valence-electron chi connectivity index (χ4n) is 3.48. The number of cyclic esters (lactones) is 1. The molecule has 3 aromatic rings. The number of rotatable bonds is 7. The minimum absolute atomic E-state index is 0.0861. The number of fused-ring (bicyclic) bond motifs is 1. The van der Waals surface area contributed by atoms with Crippen LogP contribution in [0.2, 0.25) is 0 Å². The van der Waals surface area contributed by atoms with E-state index in [4.69, 9.17) is 18.6 Å². The third kappa shape index (κ3) is 4.13. The highest BCUT2D eigenvalue weighted by atomic mass is 16.6. The minimum Gasteiger partial charge on any atom is -0.493 e. The third-order valence-electron chi connectivity index (χ3n) is 4.90. The van der Waals surface area contributed by atoms with Crippen LogP contribution in [0.5, 0.6) is 11.5 Å². The maximum Gasteiger partial charge on any atom is 0.343 e. The molecule has 0 spiro atoms. The number of hydrogen-bond donors (Lipinski definition) is 2. The van der Waals surface area contributed by atoms with E-state index >= 15 is 0 Å². The van der Waals surface area contributed by atoms with Gasteiger partial charge in [-0.2, -0.15) is 0 Å². The van der Waals surface area contributed by atoms with Crippen molar-refractivity contribution in [2.75, 3.05) is 24.9 Å². The number of amides is 2. The van der Waals surface area contributed by atoms with Crippen LogP contribution in [0, 0.1) is 0 Å². The number of furan rings is 1. The van der Waals surface area contributed by atoms with Gasteiger partial charge in [-0.05, 0) is 36.4 Å². The highest BCUT2D eigenvalue weighted by molar-refractivity contribution is 6.03. The molecule has 2 N–H and O–H groups in total.